The Morgan fingerprint density at radius 3 is 2.79 bits per heavy atom. The van der Waals surface area contributed by atoms with Crippen LogP contribution in [0, 0.1) is 6.92 Å². The Bertz CT molecular complexity index is 767. The highest BCUT2D eigenvalue weighted by Crippen LogP contribution is 2.28. The van der Waals surface area contributed by atoms with Crippen molar-refractivity contribution in [2.45, 2.75) is 64.8 Å². The summed E-state index contributed by atoms with van der Waals surface area (Å²) in [7, 11) is 0. The Morgan fingerprint density at radius 1 is 1.29 bits per heavy atom. The smallest absolute Gasteiger partial charge is 0.305 e. The first-order valence-corrected chi connectivity index (χ1v) is 10.3. The van der Waals surface area contributed by atoms with Gasteiger partial charge in [-0.15, -0.1) is 0 Å². The summed E-state index contributed by atoms with van der Waals surface area (Å²) in [5, 5.41) is 10.4. The molecule has 3 rings (SSSR count). The molecule has 0 saturated heterocycles. The molecule has 1 aromatic heterocycles. The minimum absolute atomic E-state index is 0.0757. The average molecular weight is 385 g/mol. The van der Waals surface area contributed by atoms with Gasteiger partial charge in [0.25, 0.3) is 0 Å². The SMILES string of the molecule is CCCC(=O)OC[C@H](O)CN(Cc1cccn1Cc1ccccc1C)C1CC1. The number of rotatable bonds is 11. The van der Waals surface area contributed by atoms with E-state index in [-0.39, 0.29) is 12.6 Å². The third-order valence-electron chi connectivity index (χ3n) is 5.29. The summed E-state index contributed by atoms with van der Waals surface area (Å²) in [6, 6.07) is 13.2. The van der Waals surface area contributed by atoms with Crippen LogP contribution in [-0.4, -0.2) is 45.8 Å². The van der Waals surface area contributed by atoms with Gasteiger partial charge in [-0.25, -0.2) is 0 Å². The Hall–Kier alpha value is -2.11. The van der Waals surface area contributed by atoms with E-state index in [0.29, 0.717) is 19.0 Å². The molecule has 0 bridgehead atoms. The van der Waals surface area contributed by atoms with Crippen molar-refractivity contribution in [3.8, 4) is 0 Å². The highest BCUT2D eigenvalue weighted by molar-refractivity contribution is 5.69. The Balaban J connectivity index is 1.59. The zero-order chi connectivity index (χ0) is 19.9. The van der Waals surface area contributed by atoms with Crippen molar-refractivity contribution < 1.29 is 14.6 Å². The number of aliphatic hydroxyl groups excluding tert-OH is 1. The monoisotopic (exact) mass is 384 g/mol. The predicted octanol–water partition coefficient (Wildman–Crippen LogP) is 3.51. The van der Waals surface area contributed by atoms with E-state index in [1.54, 1.807) is 0 Å². The van der Waals surface area contributed by atoms with Crippen LogP contribution in [-0.2, 0) is 22.6 Å². The van der Waals surface area contributed by atoms with E-state index < -0.39 is 6.10 Å². The molecule has 5 heteroatoms. The molecule has 1 heterocycles. The van der Waals surface area contributed by atoms with Crippen molar-refractivity contribution in [2.24, 2.45) is 0 Å². The van der Waals surface area contributed by atoms with Gasteiger partial charge in [-0.05, 0) is 49.4 Å². The molecular weight excluding hydrogens is 352 g/mol. The van der Waals surface area contributed by atoms with E-state index in [4.69, 9.17) is 4.74 Å². The summed E-state index contributed by atoms with van der Waals surface area (Å²) in [4.78, 5) is 13.9. The van der Waals surface area contributed by atoms with E-state index >= 15 is 0 Å². The second-order valence-corrected chi connectivity index (χ2v) is 7.80. The highest BCUT2D eigenvalue weighted by Gasteiger charge is 2.31. The third kappa shape index (κ3) is 5.94. The fraction of sp³-hybridized carbons (Fsp3) is 0.522. The number of hydrogen-bond acceptors (Lipinski definition) is 4. The number of carbonyl (C=O) groups excluding carboxylic acids is 1. The van der Waals surface area contributed by atoms with Crippen molar-refractivity contribution >= 4 is 5.97 Å². The Labute approximate surface area is 167 Å². The average Bonchev–Trinajstić information content (AvgIpc) is 3.43. The maximum absolute atomic E-state index is 11.5. The third-order valence-corrected chi connectivity index (χ3v) is 5.29. The summed E-state index contributed by atoms with van der Waals surface area (Å²) >= 11 is 0. The van der Waals surface area contributed by atoms with Gasteiger partial charge in [0, 0.05) is 44.0 Å². The Kier molecular flexibility index (Phi) is 7.29. The zero-order valence-electron chi connectivity index (χ0n) is 17.0. The molecule has 0 aliphatic heterocycles. The number of hydrogen-bond donors (Lipinski definition) is 1. The molecule has 1 fully saturated rings. The van der Waals surface area contributed by atoms with E-state index in [0.717, 1.165) is 19.5 Å². The highest BCUT2D eigenvalue weighted by atomic mass is 16.5. The molecule has 1 atom stereocenters. The van der Waals surface area contributed by atoms with E-state index in [1.807, 2.05) is 6.92 Å². The number of aliphatic hydroxyl groups is 1. The first kappa shape index (κ1) is 20.6. The quantitative estimate of drug-likeness (QED) is 0.603. The van der Waals surface area contributed by atoms with Gasteiger partial charge in [0.05, 0.1) is 0 Å². The molecule has 1 saturated carbocycles. The van der Waals surface area contributed by atoms with Crippen LogP contribution in [0.1, 0.15) is 49.4 Å². The van der Waals surface area contributed by atoms with Crippen LogP contribution in [0.3, 0.4) is 0 Å². The van der Waals surface area contributed by atoms with Gasteiger partial charge in [0.2, 0.25) is 0 Å². The second kappa shape index (κ2) is 9.89. The van der Waals surface area contributed by atoms with Crippen LogP contribution in [0.4, 0.5) is 0 Å². The van der Waals surface area contributed by atoms with Crippen molar-refractivity contribution in [1.82, 2.24) is 9.47 Å². The van der Waals surface area contributed by atoms with Gasteiger partial charge in [0.1, 0.15) is 12.7 Å². The summed E-state index contributed by atoms with van der Waals surface area (Å²) in [6.07, 6.45) is 4.98. The first-order chi connectivity index (χ1) is 13.6. The van der Waals surface area contributed by atoms with Gasteiger partial charge >= 0.3 is 5.97 Å². The van der Waals surface area contributed by atoms with E-state index in [9.17, 15) is 9.90 Å². The van der Waals surface area contributed by atoms with Crippen LogP contribution in [0.2, 0.25) is 0 Å². The van der Waals surface area contributed by atoms with E-state index in [2.05, 4.69) is 59.0 Å². The van der Waals surface area contributed by atoms with Gasteiger partial charge in [-0.1, -0.05) is 31.2 Å². The molecular formula is C23H32N2O3. The fourth-order valence-electron chi connectivity index (χ4n) is 3.50. The molecule has 0 radical (unpaired) electrons. The number of benzene rings is 1. The molecule has 1 aliphatic rings. The molecule has 1 aromatic carbocycles. The molecule has 1 aliphatic carbocycles. The second-order valence-electron chi connectivity index (χ2n) is 7.80. The molecule has 2 aromatic rings. The van der Waals surface area contributed by atoms with Crippen molar-refractivity contribution in [2.75, 3.05) is 13.2 Å². The molecule has 0 unspecified atom stereocenters. The number of nitrogens with zero attached hydrogens (tertiary/aromatic N) is 2. The summed E-state index contributed by atoms with van der Waals surface area (Å²) < 4.78 is 7.46. The number of esters is 1. The van der Waals surface area contributed by atoms with Crippen LogP contribution in [0.15, 0.2) is 42.6 Å². The lowest BCUT2D eigenvalue weighted by Crippen LogP contribution is -2.37. The number of carbonyl (C=O) groups is 1. The van der Waals surface area contributed by atoms with Crippen LogP contribution >= 0.6 is 0 Å². The largest absolute Gasteiger partial charge is 0.463 e. The summed E-state index contributed by atoms with van der Waals surface area (Å²) in [6.45, 7) is 6.34. The minimum atomic E-state index is -0.652. The molecule has 152 valence electrons. The van der Waals surface area contributed by atoms with Gasteiger partial charge in [0.15, 0.2) is 0 Å². The lowest BCUT2D eigenvalue weighted by molar-refractivity contribution is -0.147. The molecule has 0 amide bonds. The number of aryl methyl sites for hydroxylation is 1. The normalized spacial score (nSPS) is 15.0. The molecule has 28 heavy (non-hydrogen) atoms. The number of ether oxygens (including phenoxy) is 1. The maximum atomic E-state index is 11.5. The molecule has 1 N–H and O–H groups in total. The molecule has 0 spiro atoms. The van der Waals surface area contributed by atoms with Crippen molar-refractivity contribution in [1.29, 1.82) is 0 Å². The van der Waals surface area contributed by atoms with Crippen LogP contribution in [0.5, 0.6) is 0 Å². The maximum Gasteiger partial charge on any atom is 0.305 e. The standard InChI is InChI=1S/C23H32N2O3/c1-3-7-23(27)28-17-22(26)16-25(20-11-12-20)15-21-10-6-13-24(21)14-19-9-5-4-8-18(19)2/h4-6,8-10,13,20,22,26H,3,7,11-12,14-17H2,1-2H3/t22-/m1/s1. The summed E-state index contributed by atoms with van der Waals surface area (Å²) in [5.74, 6) is -0.230. The Morgan fingerprint density at radius 2 is 2.07 bits per heavy atom. The lowest BCUT2D eigenvalue weighted by atomic mass is 10.1. The van der Waals surface area contributed by atoms with Crippen LogP contribution < -0.4 is 0 Å². The fourth-order valence-corrected chi connectivity index (χ4v) is 3.50. The van der Waals surface area contributed by atoms with Gasteiger partial charge in [-0.3, -0.25) is 9.69 Å². The zero-order valence-corrected chi connectivity index (χ0v) is 17.0. The minimum Gasteiger partial charge on any atom is -0.463 e. The van der Waals surface area contributed by atoms with Gasteiger partial charge in [-0.2, -0.15) is 0 Å². The van der Waals surface area contributed by atoms with E-state index in [1.165, 1.54) is 29.7 Å². The van der Waals surface area contributed by atoms with Crippen molar-refractivity contribution in [3.05, 3.63) is 59.4 Å². The topological polar surface area (TPSA) is 54.7 Å². The van der Waals surface area contributed by atoms with Crippen molar-refractivity contribution in [3.63, 3.8) is 0 Å². The summed E-state index contributed by atoms with van der Waals surface area (Å²) in [5.41, 5.74) is 3.86. The van der Waals surface area contributed by atoms with Gasteiger partial charge < -0.3 is 14.4 Å². The van der Waals surface area contributed by atoms with Crippen LogP contribution in [0.25, 0.3) is 0 Å². The first-order valence-electron chi connectivity index (χ1n) is 10.3. The lowest BCUT2D eigenvalue weighted by Gasteiger charge is -2.25. The predicted molar refractivity (Wildman–Crippen MR) is 110 cm³/mol. The number of aromatic nitrogens is 1. The molecule has 5 nitrogen and oxygen atoms in total.